The van der Waals surface area contributed by atoms with Crippen LogP contribution in [0.3, 0.4) is 0 Å². The third-order valence-corrected chi connectivity index (χ3v) is 2.08. The predicted octanol–water partition coefficient (Wildman–Crippen LogP) is 0.470. The molecule has 2 N–H and O–H groups in total. The van der Waals surface area contributed by atoms with Crippen LogP contribution in [0, 0.1) is 0 Å². The zero-order valence-corrected chi connectivity index (χ0v) is 10.1. The normalized spacial score (nSPS) is 10.3. The number of halogens is 1. The van der Waals surface area contributed by atoms with Gasteiger partial charge in [0.25, 0.3) is 5.95 Å². The Bertz CT molecular complexity index is 564. The second-order valence-corrected chi connectivity index (χ2v) is 3.49. The zero-order chi connectivity index (χ0) is 13.1. The molecule has 18 heavy (non-hydrogen) atoms. The highest BCUT2D eigenvalue weighted by molar-refractivity contribution is 6.28. The van der Waals surface area contributed by atoms with Crippen molar-refractivity contribution in [2.75, 3.05) is 12.3 Å². The van der Waals surface area contributed by atoms with Crippen LogP contribution in [-0.2, 0) is 4.74 Å². The van der Waals surface area contributed by atoms with E-state index in [0.29, 0.717) is 0 Å². The summed E-state index contributed by atoms with van der Waals surface area (Å²) in [5.41, 5.74) is 5.72. The highest BCUT2D eigenvalue weighted by Crippen LogP contribution is 2.08. The third-order valence-electron chi connectivity index (χ3n) is 1.91. The van der Waals surface area contributed by atoms with Crippen molar-refractivity contribution in [1.82, 2.24) is 24.7 Å². The number of hydrogen-bond acceptors (Lipinski definition) is 7. The van der Waals surface area contributed by atoms with Crippen molar-refractivity contribution in [2.24, 2.45) is 0 Å². The average Bonchev–Trinajstić information content (AvgIpc) is 2.77. The Balaban J connectivity index is 2.32. The molecule has 94 valence electrons. The molecule has 2 aromatic heterocycles. The first-order valence-electron chi connectivity index (χ1n) is 4.99. The minimum Gasteiger partial charge on any atom is -0.462 e. The van der Waals surface area contributed by atoms with Crippen molar-refractivity contribution in [2.45, 2.75) is 6.92 Å². The molecule has 2 aromatic rings. The van der Waals surface area contributed by atoms with Crippen molar-refractivity contribution < 1.29 is 9.53 Å². The maximum absolute atomic E-state index is 11.4. The Morgan fingerprint density at radius 3 is 2.94 bits per heavy atom. The molecule has 0 spiro atoms. The molecule has 2 heterocycles. The number of nitrogen functional groups attached to an aromatic ring is 1. The number of hydrogen-bond donors (Lipinski definition) is 1. The number of carbonyl (C=O) groups is 1. The van der Waals surface area contributed by atoms with E-state index >= 15 is 0 Å². The summed E-state index contributed by atoms with van der Waals surface area (Å²) in [6, 6.07) is 0. The van der Waals surface area contributed by atoms with Crippen molar-refractivity contribution in [3.05, 3.63) is 23.2 Å². The van der Waals surface area contributed by atoms with Crippen molar-refractivity contribution in [1.29, 1.82) is 0 Å². The lowest BCUT2D eigenvalue weighted by atomic mass is 10.4. The lowest BCUT2D eigenvalue weighted by Crippen LogP contribution is -2.07. The summed E-state index contributed by atoms with van der Waals surface area (Å²) >= 11 is 5.64. The zero-order valence-electron chi connectivity index (χ0n) is 9.37. The number of aromatic nitrogens is 5. The molecule has 0 aliphatic rings. The van der Waals surface area contributed by atoms with Gasteiger partial charge in [-0.3, -0.25) is 0 Å². The van der Waals surface area contributed by atoms with Gasteiger partial charge in [0, 0.05) is 6.20 Å². The fourth-order valence-corrected chi connectivity index (χ4v) is 1.37. The van der Waals surface area contributed by atoms with Crippen LogP contribution in [0.25, 0.3) is 5.95 Å². The lowest BCUT2D eigenvalue weighted by Gasteiger charge is -2.00. The second kappa shape index (κ2) is 4.96. The standard InChI is InChI=1S/C9H9ClN6O2/c1-2-18-6(17)5-3-12-16(4-5)9-14-7(10)13-8(11)15-9/h3-4H,2H2,1H3,(H2,11,13,14,15). The summed E-state index contributed by atoms with van der Waals surface area (Å²) in [5, 5.41) is 3.87. The lowest BCUT2D eigenvalue weighted by molar-refractivity contribution is 0.0526. The molecule has 0 saturated heterocycles. The number of rotatable bonds is 3. The van der Waals surface area contributed by atoms with Gasteiger partial charge in [-0.05, 0) is 18.5 Å². The average molecular weight is 269 g/mol. The van der Waals surface area contributed by atoms with Crippen molar-refractivity contribution >= 4 is 23.5 Å². The predicted molar refractivity (Wildman–Crippen MR) is 62.3 cm³/mol. The van der Waals surface area contributed by atoms with Crippen LogP contribution in [-0.4, -0.2) is 37.3 Å². The van der Waals surface area contributed by atoms with E-state index in [1.807, 2.05) is 0 Å². The van der Waals surface area contributed by atoms with Crippen molar-refractivity contribution in [3.8, 4) is 5.95 Å². The molecule has 8 nitrogen and oxygen atoms in total. The molecule has 0 amide bonds. The maximum atomic E-state index is 11.4. The van der Waals surface area contributed by atoms with E-state index in [1.54, 1.807) is 6.92 Å². The second-order valence-electron chi connectivity index (χ2n) is 3.16. The summed E-state index contributed by atoms with van der Waals surface area (Å²) in [6.07, 6.45) is 2.76. The summed E-state index contributed by atoms with van der Waals surface area (Å²) < 4.78 is 6.09. The number of carbonyl (C=O) groups excluding carboxylic acids is 1. The van der Waals surface area contributed by atoms with Crippen LogP contribution < -0.4 is 5.73 Å². The minimum atomic E-state index is -0.475. The molecule has 0 saturated carbocycles. The van der Waals surface area contributed by atoms with E-state index in [-0.39, 0.29) is 29.4 Å². The van der Waals surface area contributed by atoms with Gasteiger partial charge in [0.05, 0.1) is 18.4 Å². The molecule has 9 heteroatoms. The SMILES string of the molecule is CCOC(=O)c1cnn(-c2nc(N)nc(Cl)n2)c1. The van der Waals surface area contributed by atoms with Crippen LogP contribution in [0.2, 0.25) is 5.28 Å². The molecular weight excluding hydrogens is 260 g/mol. The van der Waals surface area contributed by atoms with Gasteiger partial charge in [0.15, 0.2) is 0 Å². The van der Waals surface area contributed by atoms with Gasteiger partial charge >= 0.3 is 5.97 Å². The van der Waals surface area contributed by atoms with E-state index in [9.17, 15) is 4.79 Å². The van der Waals surface area contributed by atoms with Gasteiger partial charge in [-0.2, -0.15) is 20.1 Å². The number of esters is 1. The first-order valence-corrected chi connectivity index (χ1v) is 5.37. The summed E-state index contributed by atoms with van der Waals surface area (Å²) in [6.45, 7) is 2.00. The molecule has 0 radical (unpaired) electrons. The molecule has 0 aliphatic carbocycles. The number of nitrogens with zero attached hydrogens (tertiary/aromatic N) is 5. The Morgan fingerprint density at radius 2 is 2.28 bits per heavy atom. The molecular formula is C9H9ClN6O2. The van der Waals surface area contributed by atoms with E-state index < -0.39 is 5.97 Å². The molecule has 0 atom stereocenters. The van der Waals surface area contributed by atoms with Gasteiger partial charge < -0.3 is 10.5 Å². The highest BCUT2D eigenvalue weighted by atomic mass is 35.5. The summed E-state index contributed by atoms with van der Waals surface area (Å²) in [5.74, 6) is -0.377. The quantitative estimate of drug-likeness (QED) is 0.806. The number of anilines is 1. The van der Waals surface area contributed by atoms with Crippen LogP contribution in [0.15, 0.2) is 12.4 Å². The molecule has 2 rings (SSSR count). The Labute approximate surface area is 107 Å². The summed E-state index contributed by atoms with van der Waals surface area (Å²) in [7, 11) is 0. The summed E-state index contributed by atoms with van der Waals surface area (Å²) in [4.78, 5) is 22.7. The highest BCUT2D eigenvalue weighted by Gasteiger charge is 2.12. The van der Waals surface area contributed by atoms with Crippen LogP contribution in [0.4, 0.5) is 5.95 Å². The fourth-order valence-electron chi connectivity index (χ4n) is 1.21. The maximum Gasteiger partial charge on any atom is 0.341 e. The molecule has 0 unspecified atom stereocenters. The first-order chi connectivity index (χ1) is 8.60. The van der Waals surface area contributed by atoms with Gasteiger partial charge in [-0.25, -0.2) is 9.48 Å². The van der Waals surface area contributed by atoms with Gasteiger partial charge in [-0.1, -0.05) is 0 Å². The van der Waals surface area contributed by atoms with E-state index in [0.717, 1.165) is 0 Å². The molecule has 0 fully saturated rings. The number of ether oxygens (including phenoxy) is 1. The van der Waals surface area contributed by atoms with Crippen LogP contribution >= 0.6 is 11.6 Å². The largest absolute Gasteiger partial charge is 0.462 e. The topological polar surface area (TPSA) is 109 Å². The molecule has 0 aromatic carbocycles. The molecule has 0 aliphatic heterocycles. The number of nitrogens with two attached hydrogens (primary N) is 1. The molecule has 0 bridgehead atoms. The Hall–Kier alpha value is -2.22. The minimum absolute atomic E-state index is 0.0295. The van der Waals surface area contributed by atoms with Gasteiger partial charge in [0.1, 0.15) is 0 Å². The third kappa shape index (κ3) is 2.54. The van der Waals surface area contributed by atoms with Crippen LogP contribution in [0.5, 0.6) is 0 Å². The van der Waals surface area contributed by atoms with Gasteiger partial charge in [-0.15, -0.1) is 0 Å². The van der Waals surface area contributed by atoms with Crippen LogP contribution in [0.1, 0.15) is 17.3 Å². The first kappa shape index (κ1) is 12.2. The van der Waals surface area contributed by atoms with Crippen molar-refractivity contribution in [3.63, 3.8) is 0 Å². The van der Waals surface area contributed by atoms with E-state index in [4.69, 9.17) is 22.1 Å². The smallest absolute Gasteiger partial charge is 0.341 e. The van der Waals surface area contributed by atoms with Gasteiger partial charge in [0.2, 0.25) is 11.2 Å². The van der Waals surface area contributed by atoms with E-state index in [2.05, 4.69) is 20.1 Å². The Morgan fingerprint density at radius 1 is 1.50 bits per heavy atom. The monoisotopic (exact) mass is 268 g/mol. The van der Waals surface area contributed by atoms with E-state index in [1.165, 1.54) is 17.1 Å². The fraction of sp³-hybridized carbons (Fsp3) is 0.222. The Kier molecular flexibility index (Phi) is 3.38.